The van der Waals surface area contributed by atoms with Crippen LogP contribution in [-0.2, 0) is 29.0 Å². The van der Waals surface area contributed by atoms with Gasteiger partial charge in [0.15, 0.2) is 0 Å². The maximum Gasteiger partial charge on any atom is 0.243 e. The summed E-state index contributed by atoms with van der Waals surface area (Å²) in [5.74, 6) is 0.605. The minimum atomic E-state index is -0.701. The monoisotopic (exact) mass is 526 g/mol. The van der Waals surface area contributed by atoms with Crippen molar-refractivity contribution in [1.29, 1.82) is 0 Å². The first-order valence-electron chi connectivity index (χ1n) is 11.9. The molecule has 0 saturated carbocycles. The largest absolute Gasteiger partial charge is 0.497 e. The van der Waals surface area contributed by atoms with Crippen LogP contribution in [0.1, 0.15) is 30.5 Å². The maximum absolute atomic E-state index is 13.8. The molecule has 0 aromatic heterocycles. The lowest BCUT2D eigenvalue weighted by atomic mass is 10.0. The second-order valence-corrected chi connectivity index (χ2v) is 9.96. The van der Waals surface area contributed by atoms with Gasteiger partial charge in [-0.05, 0) is 46.9 Å². The molecule has 7 heteroatoms. The molecule has 0 fully saturated rings. The molecule has 0 aliphatic rings. The van der Waals surface area contributed by atoms with E-state index >= 15 is 0 Å². The molecule has 1 N–H and O–H groups in total. The molecule has 2 amide bonds. The highest BCUT2D eigenvalue weighted by Gasteiger charge is 2.30. The zero-order valence-corrected chi connectivity index (χ0v) is 22.4. The van der Waals surface area contributed by atoms with E-state index in [0.29, 0.717) is 28.8 Å². The second kappa shape index (κ2) is 13.3. The molecule has 1 atom stereocenters. The number of carbonyl (C=O) groups excluding carboxylic acids is 2. The zero-order chi connectivity index (χ0) is 26.1. The molecule has 36 heavy (non-hydrogen) atoms. The molecule has 3 rings (SSSR count). The summed E-state index contributed by atoms with van der Waals surface area (Å²) < 4.78 is 5.38. The Morgan fingerprint density at radius 2 is 1.61 bits per heavy atom. The second-order valence-electron chi connectivity index (χ2n) is 9.14. The molecular weight excluding hydrogens is 495 g/mol. The first-order valence-corrected chi connectivity index (χ1v) is 12.7. The number of nitrogens with one attached hydrogen (secondary N) is 1. The van der Waals surface area contributed by atoms with Crippen molar-refractivity contribution in [3.63, 3.8) is 0 Å². The highest BCUT2D eigenvalue weighted by molar-refractivity contribution is 6.42. The van der Waals surface area contributed by atoms with Gasteiger partial charge >= 0.3 is 0 Å². The number of nitrogens with zero attached hydrogens (tertiary/aromatic N) is 1. The van der Waals surface area contributed by atoms with Crippen LogP contribution in [0.4, 0.5) is 0 Å². The van der Waals surface area contributed by atoms with Gasteiger partial charge in [0, 0.05) is 19.5 Å². The van der Waals surface area contributed by atoms with Gasteiger partial charge in [-0.1, -0.05) is 85.6 Å². The van der Waals surface area contributed by atoms with Gasteiger partial charge in [-0.25, -0.2) is 0 Å². The van der Waals surface area contributed by atoms with Crippen molar-refractivity contribution in [3.8, 4) is 5.75 Å². The van der Waals surface area contributed by atoms with Gasteiger partial charge in [0.05, 0.1) is 23.6 Å². The molecule has 1 unspecified atom stereocenters. The summed E-state index contributed by atoms with van der Waals surface area (Å²) in [6, 6.07) is 21.7. The normalized spacial score (nSPS) is 11.7. The summed E-state index contributed by atoms with van der Waals surface area (Å²) in [4.78, 5) is 28.9. The summed E-state index contributed by atoms with van der Waals surface area (Å²) in [5.41, 5.74) is 2.57. The van der Waals surface area contributed by atoms with E-state index in [1.165, 1.54) is 0 Å². The predicted octanol–water partition coefficient (Wildman–Crippen LogP) is 5.96. The maximum atomic E-state index is 13.8. The van der Waals surface area contributed by atoms with Gasteiger partial charge in [-0.2, -0.15) is 0 Å². The number of benzene rings is 3. The van der Waals surface area contributed by atoms with E-state index in [9.17, 15) is 9.59 Å². The summed E-state index contributed by atoms with van der Waals surface area (Å²) in [6.45, 7) is 4.86. The molecule has 3 aromatic carbocycles. The van der Waals surface area contributed by atoms with Crippen molar-refractivity contribution in [2.75, 3.05) is 13.7 Å². The predicted molar refractivity (Wildman–Crippen MR) is 145 cm³/mol. The van der Waals surface area contributed by atoms with Gasteiger partial charge in [-0.15, -0.1) is 0 Å². The van der Waals surface area contributed by atoms with Crippen LogP contribution in [0.15, 0.2) is 72.8 Å². The number of carbonyl (C=O) groups is 2. The van der Waals surface area contributed by atoms with Crippen LogP contribution in [0, 0.1) is 5.92 Å². The Bertz CT molecular complexity index is 1170. The molecule has 3 aromatic rings. The van der Waals surface area contributed by atoms with Crippen molar-refractivity contribution in [2.45, 2.75) is 39.3 Å². The van der Waals surface area contributed by atoms with Crippen LogP contribution in [0.2, 0.25) is 10.0 Å². The molecule has 190 valence electrons. The highest BCUT2D eigenvalue weighted by Crippen LogP contribution is 2.24. The van der Waals surface area contributed by atoms with Crippen LogP contribution in [0.25, 0.3) is 0 Å². The van der Waals surface area contributed by atoms with Crippen LogP contribution in [0.3, 0.4) is 0 Å². The van der Waals surface area contributed by atoms with Crippen molar-refractivity contribution in [3.05, 3.63) is 99.5 Å². The number of methoxy groups -OCH3 is 1. The minimum absolute atomic E-state index is 0.0869. The average Bonchev–Trinajstić information content (AvgIpc) is 2.87. The Kier molecular flexibility index (Phi) is 10.2. The molecule has 5 nitrogen and oxygen atoms in total. The van der Waals surface area contributed by atoms with E-state index in [1.54, 1.807) is 30.2 Å². The molecule has 0 saturated heterocycles. The molecular formula is C29H32Cl2N2O3. The molecule has 0 aliphatic carbocycles. The van der Waals surface area contributed by atoms with Crippen LogP contribution in [0.5, 0.6) is 5.75 Å². The molecule has 0 radical (unpaired) electrons. The summed E-state index contributed by atoms with van der Waals surface area (Å²) in [5, 5.41) is 3.84. The van der Waals surface area contributed by atoms with Crippen LogP contribution >= 0.6 is 23.2 Å². The Balaban J connectivity index is 1.98. The lowest BCUT2D eigenvalue weighted by Crippen LogP contribution is -2.51. The van der Waals surface area contributed by atoms with Crippen molar-refractivity contribution in [2.24, 2.45) is 5.92 Å². The van der Waals surface area contributed by atoms with Gasteiger partial charge in [0.25, 0.3) is 0 Å². The fourth-order valence-corrected chi connectivity index (χ4v) is 4.19. The third-order valence-electron chi connectivity index (χ3n) is 5.78. The molecule has 0 spiro atoms. The van der Waals surface area contributed by atoms with Gasteiger partial charge in [0.1, 0.15) is 11.8 Å². The van der Waals surface area contributed by atoms with E-state index in [4.69, 9.17) is 27.9 Å². The number of ether oxygens (including phenoxy) is 1. The topological polar surface area (TPSA) is 58.6 Å². The Morgan fingerprint density at radius 3 is 2.28 bits per heavy atom. The summed E-state index contributed by atoms with van der Waals surface area (Å²) in [6.07, 6.45) is 0.478. The van der Waals surface area contributed by atoms with Crippen molar-refractivity contribution >= 4 is 35.0 Å². The van der Waals surface area contributed by atoms with Crippen molar-refractivity contribution in [1.82, 2.24) is 10.2 Å². The molecule has 0 heterocycles. The highest BCUT2D eigenvalue weighted by atomic mass is 35.5. The van der Waals surface area contributed by atoms with E-state index in [0.717, 1.165) is 16.7 Å². The lowest BCUT2D eigenvalue weighted by Gasteiger charge is -2.32. The SMILES string of the molecule is COc1cccc(CN(C(=O)Cc2ccc(Cl)c(Cl)c2)C(Cc2ccccc2)C(=O)NCC(C)C)c1. The summed E-state index contributed by atoms with van der Waals surface area (Å²) in [7, 11) is 1.60. The Morgan fingerprint density at radius 1 is 0.889 bits per heavy atom. The Labute approximate surface area is 223 Å². The number of amides is 2. The zero-order valence-electron chi connectivity index (χ0n) is 20.8. The number of rotatable bonds is 11. The van der Waals surface area contributed by atoms with Gasteiger partial charge in [0.2, 0.25) is 11.8 Å². The van der Waals surface area contributed by atoms with E-state index in [2.05, 4.69) is 5.32 Å². The van der Waals surface area contributed by atoms with E-state index < -0.39 is 6.04 Å². The minimum Gasteiger partial charge on any atom is -0.497 e. The smallest absolute Gasteiger partial charge is 0.243 e. The average molecular weight is 527 g/mol. The van der Waals surface area contributed by atoms with Gasteiger partial charge < -0.3 is 15.0 Å². The summed E-state index contributed by atoms with van der Waals surface area (Å²) >= 11 is 12.3. The number of halogens is 2. The first kappa shape index (κ1) is 27.6. The quantitative estimate of drug-likeness (QED) is 0.335. The lowest BCUT2D eigenvalue weighted by molar-refractivity contribution is -0.140. The van der Waals surface area contributed by atoms with Gasteiger partial charge in [-0.3, -0.25) is 9.59 Å². The fourth-order valence-electron chi connectivity index (χ4n) is 3.87. The first-order chi connectivity index (χ1) is 17.3. The standard InChI is InChI=1S/C29H32Cl2N2O3/c1-20(2)18-32-29(35)27(16-21-8-5-4-6-9-21)33(19-23-10-7-11-24(14-23)36-3)28(34)17-22-12-13-25(30)26(31)15-22/h4-15,20,27H,16-19H2,1-3H3,(H,32,35). The number of hydrogen-bond acceptors (Lipinski definition) is 3. The Hall–Kier alpha value is -3.02. The molecule has 0 aliphatic heterocycles. The van der Waals surface area contributed by atoms with Crippen molar-refractivity contribution < 1.29 is 14.3 Å². The third kappa shape index (κ3) is 8.00. The van der Waals surface area contributed by atoms with E-state index in [1.807, 2.05) is 68.4 Å². The third-order valence-corrected chi connectivity index (χ3v) is 6.52. The molecule has 0 bridgehead atoms. The van der Waals surface area contributed by atoms with Crippen LogP contribution < -0.4 is 10.1 Å². The van der Waals surface area contributed by atoms with E-state index in [-0.39, 0.29) is 30.7 Å². The van der Waals surface area contributed by atoms with Crippen LogP contribution in [-0.4, -0.2) is 36.4 Å². The fraction of sp³-hybridized carbons (Fsp3) is 0.310. The number of hydrogen-bond donors (Lipinski definition) is 1.